The van der Waals surface area contributed by atoms with Gasteiger partial charge in [-0.2, -0.15) is 0 Å². The molecule has 0 spiro atoms. The van der Waals surface area contributed by atoms with Gasteiger partial charge >= 0.3 is 5.97 Å². The average molecular weight is 194 g/mol. The van der Waals surface area contributed by atoms with Crippen LogP contribution in [0.25, 0.3) is 0 Å². The summed E-state index contributed by atoms with van der Waals surface area (Å²) < 4.78 is 4.50. The highest BCUT2D eigenvalue weighted by molar-refractivity contribution is 5.84. The molecule has 1 aromatic rings. The molecule has 0 atom stereocenters. The molecule has 0 aliphatic carbocycles. The topological polar surface area (TPSA) is 52.1 Å². The summed E-state index contributed by atoms with van der Waals surface area (Å²) in [4.78, 5) is 18.9. The van der Waals surface area contributed by atoms with Crippen molar-refractivity contribution in [1.82, 2.24) is 9.97 Å². The lowest BCUT2D eigenvalue weighted by Gasteiger charge is -2.17. The lowest BCUT2D eigenvalue weighted by Crippen LogP contribution is -2.14. The predicted octanol–water partition coefficient (Wildman–Crippen LogP) is 1.56. The first-order valence-corrected chi connectivity index (χ1v) is 4.36. The fourth-order valence-electron chi connectivity index (χ4n) is 0.912. The van der Waals surface area contributed by atoms with Crippen LogP contribution in [-0.2, 0) is 10.2 Å². The zero-order valence-corrected chi connectivity index (χ0v) is 8.87. The number of carbonyl (C=O) groups excluding carboxylic acids is 1. The fourth-order valence-corrected chi connectivity index (χ4v) is 0.912. The number of esters is 1. The molecular formula is C10H14N2O2. The van der Waals surface area contributed by atoms with Gasteiger partial charge in [-0.3, -0.25) is 0 Å². The van der Waals surface area contributed by atoms with Crippen molar-refractivity contribution < 1.29 is 9.53 Å². The third-order valence-corrected chi connectivity index (χ3v) is 1.89. The monoisotopic (exact) mass is 194 g/mol. The van der Waals surface area contributed by atoms with Crippen LogP contribution in [0.4, 0.5) is 0 Å². The summed E-state index contributed by atoms with van der Waals surface area (Å²) in [5.74, 6) is -0.411. The minimum absolute atomic E-state index is 0.00531. The Kier molecular flexibility index (Phi) is 2.84. The number of hydrogen-bond donors (Lipinski definition) is 0. The maximum Gasteiger partial charge on any atom is 0.376 e. The van der Waals surface area contributed by atoms with Crippen molar-refractivity contribution in [2.24, 2.45) is 0 Å². The molecule has 0 N–H and O–H groups in total. The Hall–Kier alpha value is -1.45. The first-order valence-electron chi connectivity index (χ1n) is 4.36. The van der Waals surface area contributed by atoms with Gasteiger partial charge in [0.1, 0.15) is 0 Å². The smallest absolute Gasteiger partial charge is 0.376 e. The first kappa shape index (κ1) is 10.6. The van der Waals surface area contributed by atoms with Crippen molar-refractivity contribution in [2.45, 2.75) is 26.2 Å². The van der Waals surface area contributed by atoms with E-state index in [1.54, 1.807) is 12.4 Å². The van der Waals surface area contributed by atoms with Gasteiger partial charge in [0, 0.05) is 12.4 Å². The average Bonchev–Trinajstić information content (AvgIpc) is 2.15. The lowest BCUT2D eigenvalue weighted by atomic mass is 9.89. The van der Waals surface area contributed by atoms with E-state index < -0.39 is 5.97 Å². The molecule has 0 saturated heterocycles. The minimum atomic E-state index is -0.509. The standard InChI is InChI=1S/C10H14N2O2/c1-10(2,3)7-5-11-8(12-6-7)9(13)14-4/h5-6H,1-4H3. The van der Waals surface area contributed by atoms with E-state index in [-0.39, 0.29) is 11.2 Å². The molecule has 4 nitrogen and oxygen atoms in total. The van der Waals surface area contributed by atoms with E-state index in [1.165, 1.54) is 7.11 Å². The van der Waals surface area contributed by atoms with Crippen molar-refractivity contribution in [2.75, 3.05) is 7.11 Å². The van der Waals surface area contributed by atoms with Crippen LogP contribution in [-0.4, -0.2) is 23.0 Å². The van der Waals surface area contributed by atoms with Crippen LogP contribution in [0, 0.1) is 0 Å². The SMILES string of the molecule is COC(=O)c1ncc(C(C)(C)C)cn1. The van der Waals surface area contributed by atoms with Crippen LogP contribution in [0.1, 0.15) is 37.0 Å². The molecule has 1 heterocycles. The van der Waals surface area contributed by atoms with Crippen LogP contribution in [0.3, 0.4) is 0 Å². The summed E-state index contributed by atoms with van der Waals surface area (Å²) >= 11 is 0. The second-order valence-corrected chi connectivity index (χ2v) is 4.04. The largest absolute Gasteiger partial charge is 0.463 e. The van der Waals surface area contributed by atoms with Crippen molar-refractivity contribution in [1.29, 1.82) is 0 Å². The molecule has 0 aliphatic heterocycles. The normalized spacial score (nSPS) is 11.1. The van der Waals surface area contributed by atoms with Crippen LogP contribution < -0.4 is 0 Å². The molecule has 76 valence electrons. The number of methoxy groups -OCH3 is 1. The maximum absolute atomic E-state index is 11.0. The van der Waals surface area contributed by atoms with Gasteiger partial charge < -0.3 is 4.74 Å². The van der Waals surface area contributed by atoms with Gasteiger partial charge in [-0.15, -0.1) is 0 Å². The summed E-state index contributed by atoms with van der Waals surface area (Å²) in [6.45, 7) is 6.18. The van der Waals surface area contributed by atoms with E-state index in [0.717, 1.165) is 5.56 Å². The molecule has 14 heavy (non-hydrogen) atoms. The molecule has 1 rings (SSSR count). The van der Waals surface area contributed by atoms with Gasteiger partial charge in [0.25, 0.3) is 0 Å². The number of nitrogens with zero attached hydrogens (tertiary/aromatic N) is 2. The van der Waals surface area contributed by atoms with Gasteiger partial charge in [0.15, 0.2) is 0 Å². The number of carbonyl (C=O) groups is 1. The molecule has 0 bridgehead atoms. The highest BCUT2D eigenvalue weighted by Gasteiger charge is 2.16. The Morgan fingerprint density at radius 1 is 1.29 bits per heavy atom. The molecule has 4 heteroatoms. The second kappa shape index (κ2) is 3.74. The molecule has 0 radical (unpaired) electrons. The summed E-state index contributed by atoms with van der Waals surface area (Å²) in [7, 11) is 1.31. The molecular weight excluding hydrogens is 180 g/mol. The van der Waals surface area contributed by atoms with Gasteiger partial charge in [-0.1, -0.05) is 20.8 Å². The third-order valence-electron chi connectivity index (χ3n) is 1.89. The summed E-state index contributed by atoms with van der Waals surface area (Å²) in [5, 5.41) is 0. The summed E-state index contributed by atoms with van der Waals surface area (Å²) in [6, 6.07) is 0. The number of ether oxygens (including phenoxy) is 1. The Labute approximate surface area is 83.3 Å². The quantitative estimate of drug-likeness (QED) is 0.636. The zero-order chi connectivity index (χ0) is 10.8. The molecule has 0 unspecified atom stereocenters. The second-order valence-electron chi connectivity index (χ2n) is 4.04. The van der Waals surface area contributed by atoms with Gasteiger partial charge in [0.2, 0.25) is 5.82 Å². The number of rotatable bonds is 1. The molecule has 1 aromatic heterocycles. The van der Waals surface area contributed by atoms with Crippen molar-refractivity contribution in [3.05, 3.63) is 23.8 Å². The molecule has 0 saturated carbocycles. The Morgan fingerprint density at radius 3 is 2.14 bits per heavy atom. The number of aromatic nitrogens is 2. The van der Waals surface area contributed by atoms with Crippen molar-refractivity contribution in [3.8, 4) is 0 Å². The van der Waals surface area contributed by atoms with Crippen LogP contribution >= 0.6 is 0 Å². The molecule has 0 aliphatic rings. The first-order chi connectivity index (χ1) is 6.45. The Bertz CT molecular complexity index is 325. The highest BCUT2D eigenvalue weighted by atomic mass is 16.5. The van der Waals surface area contributed by atoms with E-state index >= 15 is 0 Å². The van der Waals surface area contributed by atoms with Crippen LogP contribution in [0.2, 0.25) is 0 Å². The van der Waals surface area contributed by atoms with E-state index in [1.807, 2.05) is 0 Å². The molecule has 0 aromatic carbocycles. The molecule has 0 amide bonds. The van der Waals surface area contributed by atoms with Gasteiger partial charge in [0.05, 0.1) is 7.11 Å². The van der Waals surface area contributed by atoms with Crippen LogP contribution in [0.15, 0.2) is 12.4 Å². The Morgan fingerprint density at radius 2 is 1.79 bits per heavy atom. The van der Waals surface area contributed by atoms with Crippen molar-refractivity contribution in [3.63, 3.8) is 0 Å². The fraction of sp³-hybridized carbons (Fsp3) is 0.500. The molecule has 0 fully saturated rings. The maximum atomic E-state index is 11.0. The lowest BCUT2D eigenvalue weighted by molar-refractivity contribution is 0.0586. The van der Waals surface area contributed by atoms with Gasteiger partial charge in [-0.25, -0.2) is 14.8 Å². The van der Waals surface area contributed by atoms with E-state index in [9.17, 15) is 4.79 Å². The number of hydrogen-bond acceptors (Lipinski definition) is 4. The van der Waals surface area contributed by atoms with Crippen LogP contribution in [0.5, 0.6) is 0 Å². The Balaban J connectivity index is 2.95. The summed E-state index contributed by atoms with van der Waals surface area (Å²) in [6.07, 6.45) is 3.30. The predicted molar refractivity (Wildman–Crippen MR) is 52.1 cm³/mol. The van der Waals surface area contributed by atoms with E-state index in [4.69, 9.17) is 0 Å². The minimum Gasteiger partial charge on any atom is -0.463 e. The third kappa shape index (κ3) is 2.28. The van der Waals surface area contributed by atoms with E-state index in [2.05, 4.69) is 35.5 Å². The van der Waals surface area contributed by atoms with Gasteiger partial charge in [-0.05, 0) is 11.0 Å². The van der Waals surface area contributed by atoms with E-state index in [0.29, 0.717) is 0 Å². The highest BCUT2D eigenvalue weighted by Crippen LogP contribution is 2.19. The van der Waals surface area contributed by atoms with Crippen molar-refractivity contribution >= 4 is 5.97 Å². The zero-order valence-electron chi connectivity index (χ0n) is 8.87. The summed E-state index contributed by atoms with van der Waals surface area (Å²) in [5.41, 5.74) is 0.986.